The average Bonchev–Trinajstić information content (AvgIpc) is 2.62. The lowest BCUT2D eigenvalue weighted by atomic mass is 10.1. The minimum Gasteiger partial charge on any atom is -0.494 e. The fourth-order valence-corrected chi connectivity index (χ4v) is 2.65. The van der Waals surface area contributed by atoms with E-state index in [0.717, 1.165) is 12.0 Å². The Bertz CT molecular complexity index is 931. The lowest BCUT2D eigenvalue weighted by Gasteiger charge is -2.09. The highest BCUT2D eigenvalue weighted by Crippen LogP contribution is 2.22. The molecular weight excluding hydrogens is 318 g/mol. The van der Waals surface area contributed by atoms with Gasteiger partial charge in [0.2, 0.25) is 0 Å². The molecule has 0 saturated heterocycles. The molecule has 5 nitrogen and oxygen atoms in total. The summed E-state index contributed by atoms with van der Waals surface area (Å²) in [5.74, 6) is 0.303. The molecule has 5 heteroatoms. The quantitative estimate of drug-likeness (QED) is 0.702. The smallest absolute Gasteiger partial charge is 0.337 e. The Kier molecular flexibility index (Phi) is 5.14. The third-order valence-corrected chi connectivity index (χ3v) is 3.81. The van der Waals surface area contributed by atoms with Crippen molar-refractivity contribution < 1.29 is 13.9 Å². The molecule has 0 aliphatic rings. The van der Waals surface area contributed by atoms with Crippen LogP contribution in [-0.4, -0.2) is 19.1 Å². The van der Waals surface area contributed by atoms with E-state index in [0.29, 0.717) is 35.4 Å². The molecule has 25 heavy (non-hydrogen) atoms. The number of amides is 1. The molecule has 0 fully saturated rings. The van der Waals surface area contributed by atoms with E-state index in [1.165, 1.54) is 6.07 Å². The minimum atomic E-state index is -0.561. The first kappa shape index (κ1) is 16.8. The Hall–Kier alpha value is -3.08. The maximum Gasteiger partial charge on any atom is 0.337 e. The second-order valence-electron chi connectivity index (χ2n) is 5.56. The second-order valence-corrected chi connectivity index (χ2v) is 5.56. The third-order valence-electron chi connectivity index (χ3n) is 3.81. The van der Waals surface area contributed by atoms with E-state index in [-0.39, 0.29) is 5.91 Å². The van der Waals surface area contributed by atoms with Gasteiger partial charge in [-0.1, -0.05) is 30.3 Å². The van der Waals surface area contributed by atoms with E-state index in [4.69, 9.17) is 9.15 Å². The van der Waals surface area contributed by atoms with Crippen LogP contribution in [0.2, 0.25) is 0 Å². The fraction of sp³-hybridized carbons (Fsp3) is 0.200. The normalized spacial score (nSPS) is 10.6. The number of hydrogen-bond acceptors (Lipinski definition) is 4. The maximum atomic E-state index is 12.5. The number of ether oxygens (including phenoxy) is 1. The summed E-state index contributed by atoms with van der Waals surface area (Å²) in [7, 11) is 0. The van der Waals surface area contributed by atoms with E-state index in [2.05, 4.69) is 5.32 Å². The van der Waals surface area contributed by atoms with Crippen LogP contribution in [0.3, 0.4) is 0 Å². The van der Waals surface area contributed by atoms with E-state index in [1.54, 1.807) is 18.2 Å². The first-order valence-corrected chi connectivity index (χ1v) is 8.20. The third kappa shape index (κ3) is 4.07. The summed E-state index contributed by atoms with van der Waals surface area (Å²) >= 11 is 0. The summed E-state index contributed by atoms with van der Waals surface area (Å²) in [4.78, 5) is 24.3. The fourth-order valence-electron chi connectivity index (χ4n) is 2.65. The highest BCUT2D eigenvalue weighted by atomic mass is 16.5. The molecule has 1 amide bonds. The standard InChI is InChI=1S/C20H19NO4/c1-2-24-15-8-9-16-17(13-19(22)25-18(16)12-15)20(23)21-11-10-14-6-4-3-5-7-14/h3-9,12-13H,2,10-11H2,1H3,(H,21,23). The van der Waals surface area contributed by atoms with Crippen molar-refractivity contribution >= 4 is 16.9 Å². The number of carbonyl (C=O) groups is 1. The SMILES string of the molecule is CCOc1ccc2c(C(=O)NCCc3ccccc3)cc(=O)oc2c1. The molecule has 0 unspecified atom stereocenters. The zero-order valence-corrected chi connectivity index (χ0v) is 14.0. The van der Waals surface area contributed by atoms with Crippen molar-refractivity contribution in [2.75, 3.05) is 13.2 Å². The van der Waals surface area contributed by atoms with Crippen molar-refractivity contribution in [1.29, 1.82) is 0 Å². The number of hydrogen-bond donors (Lipinski definition) is 1. The van der Waals surface area contributed by atoms with Crippen LogP contribution >= 0.6 is 0 Å². The molecule has 1 heterocycles. The molecule has 3 rings (SSSR count). The summed E-state index contributed by atoms with van der Waals surface area (Å²) in [6.45, 7) is 2.87. The molecule has 2 aromatic carbocycles. The van der Waals surface area contributed by atoms with E-state index < -0.39 is 5.63 Å². The van der Waals surface area contributed by atoms with Gasteiger partial charge in [0.1, 0.15) is 11.3 Å². The van der Waals surface area contributed by atoms with Crippen molar-refractivity contribution in [3.05, 3.63) is 76.1 Å². The van der Waals surface area contributed by atoms with E-state index in [9.17, 15) is 9.59 Å². The number of benzene rings is 2. The van der Waals surface area contributed by atoms with Gasteiger partial charge in [0.05, 0.1) is 12.2 Å². The first-order valence-electron chi connectivity index (χ1n) is 8.20. The highest BCUT2D eigenvalue weighted by molar-refractivity contribution is 6.05. The van der Waals surface area contributed by atoms with Gasteiger partial charge in [-0.2, -0.15) is 0 Å². The van der Waals surface area contributed by atoms with Crippen LogP contribution in [0.1, 0.15) is 22.8 Å². The molecule has 128 valence electrons. The lowest BCUT2D eigenvalue weighted by Crippen LogP contribution is -2.26. The highest BCUT2D eigenvalue weighted by Gasteiger charge is 2.13. The van der Waals surface area contributed by atoms with Crippen molar-refractivity contribution in [1.82, 2.24) is 5.32 Å². The number of nitrogens with one attached hydrogen (secondary N) is 1. The second kappa shape index (κ2) is 7.66. The topological polar surface area (TPSA) is 68.5 Å². The molecule has 1 N–H and O–H groups in total. The van der Waals surface area contributed by atoms with Gasteiger partial charge >= 0.3 is 5.63 Å². The van der Waals surface area contributed by atoms with Crippen LogP contribution in [0.5, 0.6) is 5.75 Å². The number of fused-ring (bicyclic) bond motifs is 1. The summed E-state index contributed by atoms with van der Waals surface area (Å²) < 4.78 is 10.6. The van der Waals surface area contributed by atoms with Gasteiger partial charge in [0.15, 0.2) is 0 Å². The van der Waals surface area contributed by atoms with Crippen molar-refractivity contribution in [2.24, 2.45) is 0 Å². The van der Waals surface area contributed by atoms with Gasteiger partial charge in [-0.05, 0) is 31.0 Å². The maximum absolute atomic E-state index is 12.5. The first-order chi connectivity index (χ1) is 12.2. The monoisotopic (exact) mass is 337 g/mol. The molecule has 1 aromatic heterocycles. The Labute approximate surface area is 145 Å². The Morgan fingerprint density at radius 3 is 2.68 bits per heavy atom. The lowest BCUT2D eigenvalue weighted by molar-refractivity contribution is 0.0955. The van der Waals surface area contributed by atoms with Crippen LogP contribution < -0.4 is 15.7 Å². The predicted molar refractivity (Wildman–Crippen MR) is 96.1 cm³/mol. The van der Waals surface area contributed by atoms with Crippen molar-refractivity contribution in [3.8, 4) is 5.75 Å². The molecule has 0 spiro atoms. The van der Waals surface area contributed by atoms with Gasteiger partial charge in [-0.25, -0.2) is 4.79 Å². The molecule has 3 aromatic rings. The summed E-state index contributed by atoms with van der Waals surface area (Å²) in [6.07, 6.45) is 0.723. The van der Waals surface area contributed by atoms with E-state index >= 15 is 0 Å². The molecule has 0 atom stereocenters. The van der Waals surface area contributed by atoms with Crippen LogP contribution in [0.4, 0.5) is 0 Å². The van der Waals surface area contributed by atoms with Gasteiger partial charge < -0.3 is 14.5 Å². The predicted octanol–water partition coefficient (Wildman–Crippen LogP) is 3.16. The van der Waals surface area contributed by atoms with Gasteiger partial charge in [0, 0.05) is 24.1 Å². The Balaban J connectivity index is 1.79. The zero-order chi connectivity index (χ0) is 17.6. The Morgan fingerprint density at radius 1 is 1.12 bits per heavy atom. The molecule has 0 aliphatic heterocycles. The van der Waals surface area contributed by atoms with Gasteiger partial charge in [0.25, 0.3) is 5.91 Å². The largest absolute Gasteiger partial charge is 0.494 e. The summed E-state index contributed by atoms with van der Waals surface area (Å²) in [5, 5.41) is 3.44. The Morgan fingerprint density at radius 2 is 1.92 bits per heavy atom. The molecule has 0 aliphatic carbocycles. The van der Waals surface area contributed by atoms with Crippen molar-refractivity contribution in [3.63, 3.8) is 0 Å². The average molecular weight is 337 g/mol. The van der Waals surface area contributed by atoms with Crippen LogP contribution in [0.25, 0.3) is 11.0 Å². The van der Waals surface area contributed by atoms with Crippen LogP contribution in [0, 0.1) is 0 Å². The zero-order valence-electron chi connectivity index (χ0n) is 14.0. The molecular formula is C20H19NO4. The molecule has 0 radical (unpaired) electrons. The number of rotatable bonds is 6. The summed E-state index contributed by atoms with van der Waals surface area (Å²) in [6, 6.07) is 16.2. The van der Waals surface area contributed by atoms with Crippen LogP contribution in [0.15, 0.2) is 63.8 Å². The van der Waals surface area contributed by atoms with Crippen molar-refractivity contribution in [2.45, 2.75) is 13.3 Å². The number of carbonyl (C=O) groups excluding carboxylic acids is 1. The summed E-state index contributed by atoms with van der Waals surface area (Å²) in [5.41, 5.74) is 1.23. The van der Waals surface area contributed by atoms with E-state index in [1.807, 2.05) is 37.3 Å². The molecule has 0 saturated carbocycles. The molecule has 0 bridgehead atoms. The van der Waals surface area contributed by atoms with Gasteiger partial charge in [-0.15, -0.1) is 0 Å². The van der Waals surface area contributed by atoms with Gasteiger partial charge in [-0.3, -0.25) is 4.79 Å². The van der Waals surface area contributed by atoms with Crippen LogP contribution in [-0.2, 0) is 6.42 Å². The minimum absolute atomic E-state index is 0.294.